The van der Waals surface area contributed by atoms with Crippen molar-refractivity contribution < 1.29 is 19.7 Å². The zero-order valence-electron chi connectivity index (χ0n) is 12.0. The van der Waals surface area contributed by atoms with Gasteiger partial charge >= 0.3 is 11.7 Å². The number of benzene rings is 1. The fourth-order valence-electron chi connectivity index (χ4n) is 2.16. The Hall–Kier alpha value is -2.70. The maximum absolute atomic E-state index is 11.4. The molecule has 0 aliphatic carbocycles. The highest BCUT2D eigenvalue weighted by Gasteiger charge is 2.26. The first-order valence-corrected chi connectivity index (χ1v) is 6.31. The van der Waals surface area contributed by atoms with Crippen molar-refractivity contribution >= 4 is 11.7 Å². The number of aromatic nitrogens is 2. The van der Waals surface area contributed by atoms with Gasteiger partial charge in [0.2, 0.25) is 0 Å². The van der Waals surface area contributed by atoms with E-state index in [1.807, 2.05) is 0 Å². The number of esters is 1. The number of aryl methyl sites for hydroxylation is 1. The lowest BCUT2D eigenvalue weighted by atomic mass is 10.1. The van der Waals surface area contributed by atoms with Gasteiger partial charge in [-0.15, -0.1) is 0 Å². The van der Waals surface area contributed by atoms with Crippen LogP contribution < -0.4 is 0 Å². The number of nitrogens with zero attached hydrogens (tertiary/aromatic N) is 3. The van der Waals surface area contributed by atoms with Crippen LogP contribution in [0.2, 0.25) is 0 Å². The third-order valence-electron chi connectivity index (χ3n) is 3.24. The molecule has 1 N–H and O–H groups in total. The Morgan fingerprint density at radius 1 is 1.33 bits per heavy atom. The normalized spacial score (nSPS) is 10.4. The summed E-state index contributed by atoms with van der Waals surface area (Å²) in [6.07, 6.45) is 0. The summed E-state index contributed by atoms with van der Waals surface area (Å²) in [5.41, 5.74) is 2.56. The van der Waals surface area contributed by atoms with Gasteiger partial charge in [-0.1, -0.05) is 12.1 Å². The predicted molar refractivity (Wildman–Crippen MR) is 73.7 cm³/mol. The molecule has 110 valence electrons. The van der Waals surface area contributed by atoms with E-state index in [0.717, 1.165) is 5.56 Å². The van der Waals surface area contributed by atoms with Crippen LogP contribution >= 0.6 is 0 Å². The van der Waals surface area contributed by atoms with Crippen LogP contribution in [0.5, 0.6) is 0 Å². The molecule has 7 nitrogen and oxygen atoms in total. The fraction of sp³-hybridized carbons (Fsp3) is 0.286. The van der Waals surface area contributed by atoms with Gasteiger partial charge in [-0.05, 0) is 31.5 Å². The molecule has 0 saturated carbocycles. The molecule has 2 aromatic rings. The van der Waals surface area contributed by atoms with Gasteiger partial charge in [0.15, 0.2) is 0 Å². The van der Waals surface area contributed by atoms with Crippen LogP contribution in [0, 0.1) is 18.8 Å². The van der Waals surface area contributed by atoms with Gasteiger partial charge in [0.25, 0.3) is 4.92 Å². The summed E-state index contributed by atoms with van der Waals surface area (Å²) in [7, 11) is 1.33. The Morgan fingerprint density at radius 3 is 2.43 bits per heavy atom. The summed E-state index contributed by atoms with van der Waals surface area (Å²) in [5, 5.41) is 13.3. The summed E-state index contributed by atoms with van der Waals surface area (Å²) in [6, 6.07) is 6.91. The third-order valence-corrected chi connectivity index (χ3v) is 3.24. The molecular formula is C14H16N3O4+. The molecule has 21 heavy (non-hydrogen) atoms. The van der Waals surface area contributed by atoms with Crippen molar-refractivity contribution in [1.82, 2.24) is 9.78 Å². The maximum atomic E-state index is 11.4. The van der Waals surface area contributed by atoms with Crippen LogP contribution in [0.1, 0.15) is 27.3 Å². The highest BCUT2D eigenvalue weighted by molar-refractivity contribution is 5.89. The molecule has 0 atom stereocenters. The molecule has 0 aliphatic heterocycles. The molecule has 1 aromatic heterocycles. The topological polar surface area (TPSA) is 84.4 Å². The molecule has 1 aromatic carbocycles. The summed E-state index contributed by atoms with van der Waals surface area (Å²) >= 11 is 0. The molecule has 0 unspecified atom stereocenters. The first-order valence-electron chi connectivity index (χ1n) is 6.31. The molecule has 2 rings (SSSR count). The number of hydrogen-bond acceptors (Lipinski definition) is 4. The number of carbonyl (C=O) groups excluding carboxylic acids is 1. The standard InChI is InChI=1S/C14H16N3O4/c1-9-13(17(19)20)10(2)16(15-9)8-11-4-6-12(7-5-11)14(18)21-3/h4-7H,8H2,1-3H3,(H,19,20)/q+1. The van der Waals surface area contributed by atoms with Crippen molar-refractivity contribution in [3.8, 4) is 0 Å². The van der Waals surface area contributed by atoms with E-state index in [9.17, 15) is 9.70 Å². The minimum atomic E-state index is -0.391. The molecule has 0 bridgehead atoms. The van der Waals surface area contributed by atoms with Crippen LogP contribution in [0.4, 0.5) is 5.69 Å². The van der Waals surface area contributed by atoms with Crippen LogP contribution in [0.3, 0.4) is 0 Å². The van der Waals surface area contributed by atoms with Crippen molar-refractivity contribution in [2.75, 3.05) is 7.11 Å². The van der Waals surface area contributed by atoms with E-state index in [0.29, 0.717) is 23.5 Å². The number of carbonyl (C=O) groups is 1. The largest absolute Gasteiger partial charge is 0.465 e. The minimum Gasteiger partial charge on any atom is -0.465 e. The molecule has 0 spiro atoms. The van der Waals surface area contributed by atoms with Gasteiger partial charge < -0.3 is 4.74 Å². The number of rotatable bonds is 4. The van der Waals surface area contributed by atoms with Gasteiger partial charge in [0.1, 0.15) is 11.4 Å². The lowest BCUT2D eigenvalue weighted by molar-refractivity contribution is -0.730. The van der Waals surface area contributed by atoms with Crippen LogP contribution in [-0.4, -0.2) is 33.0 Å². The van der Waals surface area contributed by atoms with E-state index in [2.05, 4.69) is 9.84 Å². The SMILES string of the molecule is COC(=O)c1ccc(Cn2nc(C)c([N+](=O)O)c2C)cc1. The van der Waals surface area contributed by atoms with E-state index < -0.39 is 5.97 Å². The minimum absolute atomic E-state index is 0.154. The monoisotopic (exact) mass is 290 g/mol. The fourth-order valence-corrected chi connectivity index (χ4v) is 2.16. The quantitative estimate of drug-likeness (QED) is 0.688. The Balaban J connectivity index is 2.25. The lowest BCUT2D eigenvalue weighted by Crippen LogP contribution is -2.06. The lowest BCUT2D eigenvalue weighted by Gasteiger charge is -2.05. The van der Waals surface area contributed by atoms with E-state index in [-0.39, 0.29) is 10.6 Å². The van der Waals surface area contributed by atoms with Gasteiger partial charge in [-0.2, -0.15) is 5.10 Å². The van der Waals surface area contributed by atoms with Gasteiger partial charge in [-0.25, -0.2) is 10.0 Å². The van der Waals surface area contributed by atoms with E-state index in [4.69, 9.17) is 5.21 Å². The Bertz CT molecular complexity index is 689. The van der Waals surface area contributed by atoms with Crippen LogP contribution in [-0.2, 0) is 11.3 Å². The zero-order valence-corrected chi connectivity index (χ0v) is 12.0. The highest BCUT2D eigenvalue weighted by atomic mass is 16.6. The number of hydrogen-bond donors (Lipinski definition) is 1. The van der Waals surface area contributed by atoms with Gasteiger partial charge in [0, 0.05) is 0 Å². The molecule has 7 heteroatoms. The molecule has 0 aliphatic rings. The smallest absolute Gasteiger partial charge is 0.359 e. The second-order valence-electron chi connectivity index (χ2n) is 4.64. The van der Waals surface area contributed by atoms with Crippen molar-refractivity contribution in [1.29, 1.82) is 0 Å². The van der Waals surface area contributed by atoms with Crippen LogP contribution in [0.15, 0.2) is 24.3 Å². The number of methoxy groups -OCH3 is 1. The second kappa shape index (κ2) is 5.74. The van der Waals surface area contributed by atoms with E-state index in [1.165, 1.54) is 7.11 Å². The van der Waals surface area contributed by atoms with E-state index >= 15 is 0 Å². The molecule has 0 amide bonds. The maximum Gasteiger partial charge on any atom is 0.359 e. The Morgan fingerprint density at radius 2 is 1.95 bits per heavy atom. The van der Waals surface area contributed by atoms with Gasteiger partial charge in [0.05, 0.1) is 24.1 Å². The van der Waals surface area contributed by atoms with Gasteiger partial charge in [-0.3, -0.25) is 4.68 Å². The number of ether oxygens (including phenoxy) is 1. The zero-order chi connectivity index (χ0) is 15.6. The van der Waals surface area contributed by atoms with Crippen LogP contribution in [0.25, 0.3) is 0 Å². The predicted octanol–water partition coefficient (Wildman–Crippen LogP) is 2.13. The third kappa shape index (κ3) is 2.91. The molecule has 0 saturated heterocycles. The van der Waals surface area contributed by atoms with Crippen molar-refractivity contribution in [2.45, 2.75) is 20.4 Å². The average Bonchev–Trinajstić information content (AvgIpc) is 2.73. The Kier molecular flexibility index (Phi) is 4.02. The molecular weight excluding hydrogens is 274 g/mol. The highest BCUT2D eigenvalue weighted by Crippen LogP contribution is 2.22. The summed E-state index contributed by atoms with van der Waals surface area (Å²) in [5.74, 6) is -0.391. The van der Waals surface area contributed by atoms with Crippen molar-refractivity contribution in [3.05, 3.63) is 51.7 Å². The first kappa shape index (κ1) is 14.7. The summed E-state index contributed by atoms with van der Waals surface area (Å²) < 4.78 is 6.26. The second-order valence-corrected chi connectivity index (χ2v) is 4.64. The molecule has 1 heterocycles. The van der Waals surface area contributed by atoms with Crippen molar-refractivity contribution in [3.63, 3.8) is 0 Å². The Labute approximate surface area is 121 Å². The first-order chi connectivity index (χ1) is 9.93. The summed E-state index contributed by atoms with van der Waals surface area (Å²) in [4.78, 5) is 22.3. The summed E-state index contributed by atoms with van der Waals surface area (Å²) in [6.45, 7) is 3.79. The molecule has 0 fully saturated rings. The van der Waals surface area contributed by atoms with E-state index in [1.54, 1.807) is 42.8 Å². The molecule has 0 radical (unpaired) electrons. The van der Waals surface area contributed by atoms with Crippen molar-refractivity contribution in [2.24, 2.45) is 0 Å². The average molecular weight is 290 g/mol.